The number of sulfonamides is 1. The molecule has 2 aromatic carbocycles. The van der Waals surface area contributed by atoms with Crippen LogP contribution in [0.25, 0.3) is 0 Å². The van der Waals surface area contributed by atoms with Crippen LogP contribution in [0.2, 0.25) is 0 Å². The first-order chi connectivity index (χ1) is 13.0. The Morgan fingerprint density at radius 3 is 2.59 bits per heavy atom. The number of hydrogen-bond acceptors (Lipinski definition) is 6. The molecule has 0 fully saturated rings. The highest BCUT2D eigenvalue weighted by Gasteiger charge is 2.32. The molecular formula is C19H20N2O4S2. The van der Waals surface area contributed by atoms with E-state index < -0.39 is 22.0 Å². The van der Waals surface area contributed by atoms with Crippen molar-refractivity contribution in [3.8, 4) is 0 Å². The molecular weight excluding hydrogens is 384 g/mol. The van der Waals surface area contributed by atoms with E-state index in [1.165, 1.54) is 6.07 Å². The summed E-state index contributed by atoms with van der Waals surface area (Å²) in [6.07, 6.45) is 2.40. The zero-order valence-electron chi connectivity index (χ0n) is 14.8. The van der Waals surface area contributed by atoms with Gasteiger partial charge in [-0.2, -0.15) is 11.8 Å². The Morgan fingerprint density at radius 1 is 1.15 bits per heavy atom. The molecule has 0 spiro atoms. The van der Waals surface area contributed by atoms with Crippen LogP contribution in [0.15, 0.2) is 64.5 Å². The number of aliphatic imine (C=N–C) groups is 1. The zero-order valence-corrected chi connectivity index (χ0v) is 16.4. The first-order valence-electron chi connectivity index (χ1n) is 8.41. The maximum atomic E-state index is 12.6. The molecule has 0 radical (unpaired) electrons. The number of nitrogens with one attached hydrogen (secondary N) is 1. The lowest BCUT2D eigenvalue weighted by atomic mass is 10.2. The molecule has 0 amide bonds. The summed E-state index contributed by atoms with van der Waals surface area (Å²) in [7, 11) is -3.64. The van der Waals surface area contributed by atoms with Gasteiger partial charge in [-0.25, -0.2) is 13.2 Å². The SMILES string of the molecule is CSCC[C@@H](N=C1NS(=O)(=O)c2ccccc21)C(=O)OCc1ccccc1. The standard InChI is InChI=1S/C19H20N2O4S2/c1-26-12-11-16(19(22)25-13-14-7-3-2-4-8-14)20-18-15-9-5-6-10-17(15)27(23,24)21-18/h2-10,16H,11-13H2,1H3,(H,20,21)/t16-/m1/s1. The van der Waals surface area contributed by atoms with Gasteiger partial charge < -0.3 is 4.74 Å². The van der Waals surface area contributed by atoms with E-state index >= 15 is 0 Å². The van der Waals surface area contributed by atoms with Crippen molar-refractivity contribution in [1.29, 1.82) is 0 Å². The lowest BCUT2D eigenvalue weighted by Crippen LogP contribution is -2.28. The third kappa shape index (κ3) is 4.70. The molecule has 1 N–H and O–H groups in total. The Hall–Kier alpha value is -2.32. The number of carbonyl (C=O) groups excluding carboxylic acids is 1. The van der Waals surface area contributed by atoms with E-state index in [1.807, 2.05) is 36.6 Å². The van der Waals surface area contributed by atoms with Crippen LogP contribution in [0.3, 0.4) is 0 Å². The number of ether oxygens (including phenoxy) is 1. The number of carbonyl (C=O) groups is 1. The van der Waals surface area contributed by atoms with Crippen molar-refractivity contribution in [3.05, 3.63) is 65.7 Å². The number of benzene rings is 2. The Morgan fingerprint density at radius 2 is 1.85 bits per heavy atom. The first kappa shape index (κ1) is 19.4. The van der Waals surface area contributed by atoms with Crippen molar-refractivity contribution in [2.24, 2.45) is 4.99 Å². The van der Waals surface area contributed by atoms with E-state index in [9.17, 15) is 13.2 Å². The normalized spacial score (nSPS) is 17.1. The largest absolute Gasteiger partial charge is 0.459 e. The number of thioether (sulfide) groups is 1. The van der Waals surface area contributed by atoms with Gasteiger partial charge in [0.2, 0.25) is 0 Å². The van der Waals surface area contributed by atoms with Gasteiger partial charge in [-0.3, -0.25) is 9.71 Å². The van der Waals surface area contributed by atoms with E-state index in [-0.39, 0.29) is 17.3 Å². The van der Waals surface area contributed by atoms with Gasteiger partial charge >= 0.3 is 5.97 Å². The number of rotatable bonds is 7. The summed E-state index contributed by atoms with van der Waals surface area (Å²) in [6, 6.07) is 15.2. The summed E-state index contributed by atoms with van der Waals surface area (Å²) in [5.41, 5.74) is 1.36. The van der Waals surface area contributed by atoms with Gasteiger partial charge in [-0.1, -0.05) is 42.5 Å². The second-order valence-electron chi connectivity index (χ2n) is 5.97. The second-order valence-corrected chi connectivity index (χ2v) is 8.61. The number of amidine groups is 1. The molecule has 8 heteroatoms. The predicted molar refractivity (Wildman–Crippen MR) is 106 cm³/mol. The fourth-order valence-electron chi connectivity index (χ4n) is 2.68. The van der Waals surface area contributed by atoms with Crippen molar-refractivity contribution in [2.45, 2.75) is 24.0 Å². The summed E-state index contributed by atoms with van der Waals surface area (Å²) < 4.78 is 32.3. The molecule has 1 atom stereocenters. The Balaban J connectivity index is 1.81. The van der Waals surface area contributed by atoms with Crippen LogP contribution in [0.1, 0.15) is 17.5 Å². The molecule has 1 heterocycles. The molecule has 27 heavy (non-hydrogen) atoms. The third-order valence-corrected chi connectivity index (χ3v) is 6.08. The van der Waals surface area contributed by atoms with Crippen LogP contribution < -0.4 is 4.72 Å². The number of esters is 1. The number of nitrogens with zero attached hydrogens (tertiary/aromatic N) is 1. The van der Waals surface area contributed by atoms with Crippen molar-refractivity contribution in [3.63, 3.8) is 0 Å². The quantitative estimate of drug-likeness (QED) is 0.717. The highest BCUT2D eigenvalue weighted by atomic mass is 32.2. The molecule has 0 saturated heterocycles. The minimum Gasteiger partial charge on any atom is -0.459 e. The third-order valence-electron chi connectivity index (χ3n) is 4.04. The molecule has 6 nitrogen and oxygen atoms in total. The summed E-state index contributed by atoms with van der Waals surface area (Å²) in [6.45, 7) is 0.155. The van der Waals surface area contributed by atoms with Crippen molar-refractivity contribution >= 4 is 33.6 Å². The molecule has 0 saturated carbocycles. The van der Waals surface area contributed by atoms with Gasteiger partial charge in [-0.05, 0) is 36.1 Å². The number of hydrogen-bond donors (Lipinski definition) is 1. The molecule has 1 aliphatic heterocycles. The van der Waals surface area contributed by atoms with Gasteiger partial charge in [-0.15, -0.1) is 0 Å². The molecule has 0 bridgehead atoms. The summed E-state index contributed by atoms with van der Waals surface area (Å²) in [4.78, 5) is 17.1. The lowest BCUT2D eigenvalue weighted by Gasteiger charge is -2.13. The Kier molecular flexibility index (Phi) is 6.18. The highest BCUT2D eigenvalue weighted by molar-refractivity contribution is 7.98. The van der Waals surface area contributed by atoms with Crippen molar-refractivity contribution in [1.82, 2.24) is 4.72 Å². The average Bonchev–Trinajstić information content (AvgIpc) is 2.94. The fraction of sp³-hybridized carbons (Fsp3) is 0.263. The monoisotopic (exact) mass is 404 g/mol. The maximum Gasteiger partial charge on any atom is 0.331 e. The van der Waals surface area contributed by atoms with Crippen LogP contribution in [0, 0.1) is 0 Å². The van der Waals surface area contributed by atoms with E-state index in [4.69, 9.17) is 4.74 Å². The second kappa shape index (κ2) is 8.58. The topological polar surface area (TPSA) is 84.8 Å². The lowest BCUT2D eigenvalue weighted by molar-refractivity contribution is -0.146. The molecule has 0 aliphatic carbocycles. The van der Waals surface area contributed by atoms with Gasteiger partial charge in [0.15, 0.2) is 6.04 Å². The van der Waals surface area contributed by atoms with E-state index in [0.717, 1.165) is 5.56 Å². The Bertz CT molecular complexity index is 943. The molecule has 2 aromatic rings. The number of fused-ring (bicyclic) bond motifs is 1. The van der Waals surface area contributed by atoms with Crippen molar-refractivity contribution < 1.29 is 17.9 Å². The fourth-order valence-corrected chi connectivity index (χ4v) is 4.37. The molecule has 0 aromatic heterocycles. The molecule has 0 unspecified atom stereocenters. The summed E-state index contributed by atoms with van der Waals surface area (Å²) in [5.74, 6) is 0.424. The van der Waals surface area contributed by atoms with E-state index in [0.29, 0.717) is 17.7 Å². The average molecular weight is 405 g/mol. The van der Waals surface area contributed by atoms with E-state index in [1.54, 1.807) is 30.0 Å². The zero-order chi connectivity index (χ0) is 19.3. The van der Waals surface area contributed by atoms with Crippen LogP contribution in [0.4, 0.5) is 0 Å². The minimum atomic E-state index is -3.64. The highest BCUT2D eigenvalue weighted by Crippen LogP contribution is 2.23. The first-order valence-corrected chi connectivity index (χ1v) is 11.3. The molecule has 3 rings (SSSR count). The van der Waals surface area contributed by atoms with Gasteiger partial charge in [0.25, 0.3) is 10.0 Å². The molecule has 142 valence electrons. The van der Waals surface area contributed by atoms with Crippen LogP contribution >= 0.6 is 11.8 Å². The van der Waals surface area contributed by atoms with Gasteiger partial charge in [0, 0.05) is 5.56 Å². The molecule has 1 aliphatic rings. The smallest absolute Gasteiger partial charge is 0.331 e. The van der Waals surface area contributed by atoms with Gasteiger partial charge in [0.1, 0.15) is 12.4 Å². The van der Waals surface area contributed by atoms with Crippen LogP contribution in [0.5, 0.6) is 0 Å². The van der Waals surface area contributed by atoms with Gasteiger partial charge in [0.05, 0.1) is 4.90 Å². The summed E-state index contributed by atoms with van der Waals surface area (Å²) in [5, 5.41) is 0. The van der Waals surface area contributed by atoms with E-state index in [2.05, 4.69) is 9.71 Å². The minimum absolute atomic E-state index is 0.155. The van der Waals surface area contributed by atoms with Crippen LogP contribution in [-0.2, 0) is 26.2 Å². The Labute approximate surface area is 163 Å². The maximum absolute atomic E-state index is 12.6. The predicted octanol–water partition coefficient (Wildman–Crippen LogP) is 2.59. The van der Waals surface area contributed by atoms with Crippen molar-refractivity contribution in [2.75, 3.05) is 12.0 Å². The summed E-state index contributed by atoms with van der Waals surface area (Å²) >= 11 is 1.59. The van der Waals surface area contributed by atoms with Crippen LogP contribution in [-0.4, -0.2) is 38.3 Å².